The number of ether oxygens (including phenoxy) is 1. The van der Waals surface area contributed by atoms with Crippen molar-refractivity contribution in [1.29, 1.82) is 0 Å². The molecule has 0 saturated heterocycles. The number of fused-ring (bicyclic) bond motifs is 1. The lowest BCUT2D eigenvalue weighted by Gasteiger charge is -2.34. The highest BCUT2D eigenvalue weighted by Gasteiger charge is 2.28. The molecule has 1 aliphatic carbocycles. The van der Waals surface area contributed by atoms with E-state index >= 15 is 0 Å². The van der Waals surface area contributed by atoms with Crippen molar-refractivity contribution in [3.8, 4) is 5.75 Å². The van der Waals surface area contributed by atoms with Crippen LogP contribution in [0.1, 0.15) is 37.4 Å². The van der Waals surface area contributed by atoms with Gasteiger partial charge < -0.3 is 10.1 Å². The first-order chi connectivity index (χ1) is 8.80. The molecular formula is C15H23NOS. The molecule has 1 N–H and O–H groups in total. The summed E-state index contributed by atoms with van der Waals surface area (Å²) in [6.45, 7) is 5.46. The van der Waals surface area contributed by atoms with Gasteiger partial charge in [0.15, 0.2) is 0 Å². The number of nitrogens with one attached hydrogen (secondary N) is 1. The molecule has 18 heavy (non-hydrogen) atoms. The first kappa shape index (κ1) is 13.8. The van der Waals surface area contributed by atoms with Crippen LogP contribution in [-0.4, -0.2) is 24.7 Å². The van der Waals surface area contributed by atoms with Crippen molar-refractivity contribution >= 4 is 11.8 Å². The molecule has 0 fully saturated rings. The van der Waals surface area contributed by atoms with E-state index in [9.17, 15) is 0 Å². The smallest absolute Gasteiger partial charge is 0.119 e. The summed E-state index contributed by atoms with van der Waals surface area (Å²) in [5.74, 6) is 2.17. The van der Waals surface area contributed by atoms with Crippen molar-refractivity contribution < 1.29 is 4.74 Å². The number of rotatable bonds is 5. The Morgan fingerprint density at radius 1 is 1.39 bits per heavy atom. The van der Waals surface area contributed by atoms with Crippen LogP contribution in [0.3, 0.4) is 0 Å². The van der Waals surface area contributed by atoms with Crippen LogP contribution in [0.25, 0.3) is 0 Å². The van der Waals surface area contributed by atoms with Crippen molar-refractivity contribution in [3.05, 3.63) is 29.3 Å². The summed E-state index contributed by atoms with van der Waals surface area (Å²) in [5, 5.41) is 4.36. The highest BCUT2D eigenvalue weighted by Crippen LogP contribution is 2.38. The zero-order valence-corrected chi connectivity index (χ0v) is 12.3. The van der Waals surface area contributed by atoms with E-state index in [1.807, 2.05) is 0 Å². The number of thioether (sulfide) groups is 1. The van der Waals surface area contributed by atoms with Crippen molar-refractivity contribution in [2.75, 3.05) is 19.4 Å². The Bertz CT molecular complexity index is 394. The molecule has 2 atom stereocenters. The van der Waals surface area contributed by atoms with Crippen LogP contribution in [0.2, 0.25) is 0 Å². The summed E-state index contributed by atoms with van der Waals surface area (Å²) < 4.78 is 5.32. The summed E-state index contributed by atoms with van der Waals surface area (Å²) in [7, 11) is 1.74. The van der Waals surface area contributed by atoms with Gasteiger partial charge in [0.05, 0.1) is 7.11 Å². The molecule has 0 spiro atoms. The van der Waals surface area contributed by atoms with Gasteiger partial charge in [-0.25, -0.2) is 0 Å². The molecule has 1 aliphatic rings. The lowest BCUT2D eigenvalue weighted by atomic mass is 9.87. The Kier molecular flexibility index (Phi) is 4.95. The molecule has 2 nitrogen and oxygen atoms in total. The van der Waals surface area contributed by atoms with Crippen LogP contribution < -0.4 is 10.1 Å². The molecule has 2 unspecified atom stereocenters. The molecule has 0 amide bonds. The van der Waals surface area contributed by atoms with Gasteiger partial charge in [0, 0.05) is 11.3 Å². The van der Waals surface area contributed by atoms with Gasteiger partial charge in [-0.1, -0.05) is 19.9 Å². The maximum Gasteiger partial charge on any atom is 0.119 e. The third-order valence-corrected chi connectivity index (χ3v) is 4.83. The summed E-state index contributed by atoms with van der Waals surface area (Å²) in [4.78, 5) is 0. The number of hydrogen-bond acceptors (Lipinski definition) is 3. The maximum atomic E-state index is 5.32. The summed E-state index contributed by atoms with van der Waals surface area (Å²) in [6.07, 6.45) is 2.43. The van der Waals surface area contributed by atoms with Gasteiger partial charge >= 0.3 is 0 Å². The predicted molar refractivity (Wildman–Crippen MR) is 79.7 cm³/mol. The fourth-order valence-electron chi connectivity index (χ4n) is 2.75. The summed E-state index contributed by atoms with van der Waals surface area (Å²) >= 11 is 2.08. The third-order valence-electron chi connectivity index (χ3n) is 3.56. The molecule has 3 heteroatoms. The van der Waals surface area contributed by atoms with Gasteiger partial charge in [-0.15, -0.1) is 0 Å². The minimum atomic E-state index is 0.495. The van der Waals surface area contributed by atoms with Gasteiger partial charge in [0.25, 0.3) is 0 Å². The zero-order chi connectivity index (χ0) is 13.0. The van der Waals surface area contributed by atoms with Gasteiger partial charge in [0.1, 0.15) is 5.75 Å². The van der Waals surface area contributed by atoms with E-state index in [0.29, 0.717) is 11.3 Å². The fraction of sp³-hybridized carbons (Fsp3) is 0.600. The zero-order valence-electron chi connectivity index (χ0n) is 11.5. The quantitative estimate of drug-likeness (QED) is 0.881. The lowest BCUT2D eigenvalue weighted by molar-refractivity contribution is 0.411. The van der Waals surface area contributed by atoms with Crippen molar-refractivity contribution in [2.45, 2.75) is 38.0 Å². The van der Waals surface area contributed by atoms with Crippen molar-refractivity contribution in [3.63, 3.8) is 0 Å². The highest BCUT2D eigenvalue weighted by atomic mass is 32.2. The second-order valence-electron chi connectivity index (χ2n) is 4.63. The average Bonchev–Trinajstić information content (AvgIpc) is 2.41. The van der Waals surface area contributed by atoms with Gasteiger partial charge in [-0.2, -0.15) is 11.8 Å². The molecule has 1 aromatic carbocycles. The Balaban J connectivity index is 2.27. The minimum Gasteiger partial charge on any atom is -0.497 e. The van der Waals surface area contributed by atoms with Crippen LogP contribution in [0.15, 0.2) is 18.2 Å². The Hall–Kier alpha value is -0.670. The molecule has 2 rings (SSSR count). The number of aryl methyl sites for hydroxylation is 1. The molecule has 0 radical (unpaired) electrons. The maximum absolute atomic E-state index is 5.32. The van der Waals surface area contributed by atoms with E-state index in [1.54, 1.807) is 7.11 Å². The fourth-order valence-corrected chi connectivity index (χ4v) is 3.90. The monoisotopic (exact) mass is 265 g/mol. The van der Waals surface area contributed by atoms with Crippen molar-refractivity contribution in [1.82, 2.24) is 5.32 Å². The average molecular weight is 265 g/mol. The normalized spacial score (nSPS) is 22.6. The van der Waals surface area contributed by atoms with E-state index in [2.05, 4.69) is 49.1 Å². The highest BCUT2D eigenvalue weighted by molar-refractivity contribution is 7.99. The van der Waals surface area contributed by atoms with Crippen LogP contribution in [-0.2, 0) is 6.42 Å². The van der Waals surface area contributed by atoms with E-state index in [1.165, 1.54) is 29.7 Å². The van der Waals surface area contributed by atoms with E-state index in [4.69, 9.17) is 4.74 Å². The first-order valence-electron chi connectivity index (χ1n) is 6.82. The summed E-state index contributed by atoms with van der Waals surface area (Å²) in [6, 6.07) is 7.02. The molecule has 1 aromatic rings. The van der Waals surface area contributed by atoms with Crippen LogP contribution in [0.5, 0.6) is 5.75 Å². The molecule has 0 heterocycles. The molecule has 100 valence electrons. The molecule has 0 aliphatic heterocycles. The Morgan fingerprint density at radius 3 is 2.89 bits per heavy atom. The number of hydrogen-bond donors (Lipinski definition) is 1. The van der Waals surface area contributed by atoms with Crippen LogP contribution in [0, 0.1) is 0 Å². The Labute approximate surface area is 114 Å². The SMILES string of the molecule is CCNC1c2ccc(OC)cc2CCC1SCC. The second-order valence-corrected chi connectivity index (χ2v) is 6.15. The summed E-state index contributed by atoms with van der Waals surface area (Å²) in [5.41, 5.74) is 2.92. The van der Waals surface area contributed by atoms with Crippen LogP contribution >= 0.6 is 11.8 Å². The van der Waals surface area contributed by atoms with Gasteiger partial charge in [-0.3, -0.25) is 0 Å². The van der Waals surface area contributed by atoms with E-state index in [-0.39, 0.29) is 0 Å². The number of methoxy groups -OCH3 is 1. The van der Waals surface area contributed by atoms with Crippen molar-refractivity contribution in [2.24, 2.45) is 0 Å². The standard InChI is InChI=1S/C15H23NOS/c1-4-16-15-13-8-7-12(17-3)10-11(13)6-9-14(15)18-5-2/h7-8,10,14-16H,4-6,9H2,1-3H3. The topological polar surface area (TPSA) is 21.3 Å². The first-order valence-corrected chi connectivity index (χ1v) is 7.86. The number of benzene rings is 1. The molecule has 0 saturated carbocycles. The molecular weight excluding hydrogens is 242 g/mol. The largest absolute Gasteiger partial charge is 0.497 e. The lowest BCUT2D eigenvalue weighted by Crippen LogP contribution is -2.34. The van der Waals surface area contributed by atoms with E-state index in [0.717, 1.165) is 12.3 Å². The second kappa shape index (κ2) is 6.48. The van der Waals surface area contributed by atoms with Gasteiger partial charge in [0.2, 0.25) is 0 Å². The molecule has 0 bridgehead atoms. The van der Waals surface area contributed by atoms with Gasteiger partial charge in [-0.05, 0) is 48.4 Å². The third kappa shape index (κ3) is 2.83. The van der Waals surface area contributed by atoms with Crippen LogP contribution in [0.4, 0.5) is 0 Å². The predicted octanol–water partition coefficient (Wildman–Crippen LogP) is 3.41. The van der Waals surface area contributed by atoms with E-state index < -0.39 is 0 Å². The minimum absolute atomic E-state index is 0.495. The molecule has 0 aromatic heterocycles. The Morgan fingerprint density at radius 2 is 2.22 bits per heavy atom.